The number of halogens is 1. The van der Waals surface area contributed by atoms with Gasteiger partial charge in [0.25, 0.3) is 5.91 Å². The first-order valence-electron chi connectivity index (χ1n) is 10.2. The maximum absolute atomic E-state index is 12.7. The Morgan fingerprint density at radius 3 is 2.57 bits per heavy atom. The maximum atomic E-state index is 12.7. The zero-order valence-electron chi connectivity index (χ0n) is 17.8. The SMILES string of the molecule is CCOC(=O)c1c(NC(=O)COc2ccc(Cl)cc2)sc2c1CCC(C(C)(C)C)C2. The fourth-order valence-corrected chi connectivity index (χ4v) is 5.13. The molecular formula is C23H28ClNO4S. The number of fused-ring (bicyclic) bond motifs is 1. The van der Waals surface area contributed by atoms with Gasteiger partial charge in [-0.15, -0.1) is 11.3 Å². The van der Waals surface area contributed by atoms with Crippen LogP contribution in [0.1, 0.15) is 54.9 Å². The van der Waals surface area contributed by atoms with E-state index in [-0.39, 0.29) is 23.9 Å². The second-order valence-electron chi connectivity index (χ2n) is 8.52. The minimum absolute atomic E-state index is 0.156. The third-order valence-electron chi connectivity index (χ3n) is 5.41. The molecule has 1 atom stereocenters. The van der Waals surface area contributed by atoms with Gasteiger partial charge in [0.1, 0.15) is 10.8 Å². The molecule has 0 radical (unpaired) electrons. The zero-order valence-corrected chi connectivity index (χ0v) is 19.4. The maximum Gasteiger partial charge on any atom is 0.341 e. The highest BCUT2D eigenvalue weighted by Crippen LogP contribution is 2.44. The quantitative estimate of drug-likeness (QED) is 0.570. The molecule has 1 aliphatic carbocycles. The summed E-state index contributed by atoms with van der Waals surface area (Å²) in [5.41, 5.74) is 1.72. The average Bonchev–Trinajstić information content (AvgIpc) is 3.04. The summed E-state index contributed by atoms with van der Waals surface area (Å²) in [4.78, 5) is 26.3. The summed E-state index contributed by atoms with van der Waals surface area (Å²) < 4.78 is 10.8. The molecule has 0 aliphatic heterocycles. The van der Waals surface area contributed by atoms with E-state index in [0.29, 0.717) is 33.9 Å². The summed E-state index contributed by atoms with van der Waals surface area (Å²) in [5, 5.41) is 4.02. The molecule has 30 heavy (non-hydrogen) atoms. The topological polar surface area (TPSA) is 64.6 Å². The van der Waals surface area contributed by atoms with Crippen molar-refractivity contribution in [1.82, 2.24) is 0 Å². The van der Waals surface area contributed by atoms with Crippen LogP contribution in [-0.2, 0) is 22.4 Å². The number of carbonyl (C=O) groups is 2. The first-order chi connectivity index (χ1) is 14.2. The van der Waals surface area contributed by atoms with Crippen LogP contribution < -0.4 is 10.1 Å². The van der Waals surface area contributed by atoms with Crippen LogP contribution in [0.2, 0.25) is 5.02 Å². The van der Waals surface area contributed by atoms with E-state index in [1.54, 1.807) is 31.2 Å². The van der Waals surface area contributed by atoms with Gasteiger partial charge in [0.05, 0.1) is 12.2 Å². The molecule has 0 spiro atoms. The first kappa shape index (κ1) is 22.6. The Hall–Kier alpha value is -2.05. The lowest BCUT2D eigenvalue weighted by atomic mass is 9.72. The third kappa shape index (κ3) is 5.35. The van der Waals surface area contributed by atoms with Gasteiger partial charge in [0.2, 0.25) is 0 Å². The van der Waals surface area contributed by atoms with Crippen molar-refractivity contribution >= 4 is 39.8 Å². The number of carbonyl (C=O) groups excluding carboxylic acids is 2. The van der Waals surface area contributed by atoms with Gasteiger partial charge >= 0.3 is 5.97 Å². The van der Waals surface area contributed by atoms with Crippen LogP contribution in [0.5, 0.6) is 5.75 Å². The van der Waals surface area contributed by atoms with Crippen LogP contribution >= 0.6 is 22.9 Å². The number of anilines is 1. The number of amides is 1. The number of esters is 1. The van der Waals surface area contributed by atoms with E-state index in [1.807, 2.05) is 0 Å². The fourth-order valence-electron chi connectivity index (χ4n) is 3.67. The highest BCUT2D eigenvalue weighted by atomic mass is 35.5. The molecule has 1 heterocycles. The number of benzene rings is 1. The molecule has 2 aromatic rings. The number of hydrogen-bond acceptors (Lipinski definition) is 5. The van der Waals surface area contributed by atoms with E-state index in [0.717, 1.165) is 29.7 Å². The molecule has 0 fully saturated rings. The van der Waals surface area contributed by atoms with Crippen molar-refractivity contribution in [3.63, 3.8) is 0 Å². The monoisotopic (exact) mass is 449 g/mol. The summed E-state index contributed by atoms with van der Waals surface area (Å²) in [5.74, 6) is 0.397. The Balaban J connectivity index is 1.77. The first-order valence-corrected chi connectivity index (χ1v) is 11.4. The van der Waals surface area contributed by atoms with Crippen LogP contribution in [0, 0.1) is 11.3 Å². The van der Waals surface area contributed by atoms with Gasteiger partial charge in [0, 0.05) is 9.90 Å². The van der Waals surface area contributed by atoms with E-state index >= 15 is 0 Å². The van der Waals surface area contributed by atoms with E-state index in [9.17, 15) is 9.59 Å². The lowest BCUT2D eigenvalue weighted by molar-refractivity contribution is -0.118. The van der Waals surface area contributed by atoms with E-state index in [2.05, 4.69) is 26.1 Å². The molecule has 0 saturated carbocycles. The Labute approximate surface area is 186 Å². The van der Waals surface area contributed by atoms with Crippen molar-refractivity contribution < 1.29 is 19.1 Å². The van der Waals surface area contributed by atoms with Gasteiger partial charge in [-0.2, -0.15) is 0 Å². The lowest BCUT2D eigenvalue weighted by Crippen LogP contribution is -2.26. The lowest BCUT2D eigenvalue weighted by Gasteiger charge is -2.33. The second-order valence-corrected chi connectivity index (χ2v) is 10.1. The molecule has 0 bridgehead atoms. The van der Waals surface area contributed by atoms with Gasteiger partial charge in [-0.05, 0) is 67.3 Å². The predicted octanol–water partition coefficient (Wildman–Crippen LogP) is 5.75. The highest BCUT2D eigenvalue weighted by molar-refractivity contribution is 7.17. The fraction of sp³-hybridized carbons (Fsp3) is 0.478. The summed E-state index contributed by atoms with van der Waals surface area (Å²) in [6.07, 6.45) is 2.75. The smallest absolute Gasteiger partial charge is 0.341 e. The zero-order chi connectivity index (χ0) is 21.9. The van der Waals surface area contributed by atoms with Crippen molar-refractivity contribution in [3.05, 3.63) is 45.3 Å². The van der Waals surface area contributed by atoms with E-state index < -0.39 is 0 Å². The van der Waals surface area contributed by atoms with Crippen molar-refractivity contribution in [1.29, 1.82) is 0 Å². The number of nitrogens with one attached hydrogen (secondary N) is 1. The Morgan fingerprint density at radius 1 is 1.23 bits per heavy atom. The minimum atomic E-state index is -0.377. The predicted molar refractivity (Wildman–Crippen MR) is 121 cm³/mol. The Bertz CT molecular complexity index is 915. The summed E-state index contributed by atoms with van der Waals surface area (Å²) in [6.45, 7) is 8.67. The molecule has 1 aromatic heterocycles. The van der Waals surface area contributed by atoms with Gasteiger partial charge in [-0.25, -0.2) is 4.79 Å². The van der Waals surface area contributed by atoms with Gasteiger partial charge in [0.15, 0.2) is 6.61 Å². The van der Waals surface area contributed by atoms with Crippen LogP contribution in [0.3, 0.4) is 0 Å². The van der Waals surface area contributed by atoms with Crippen LogP contribution in [0.4, 0.5) is 5.00 Å². The van der Waals surface area contributed by atoms with Crippen molar-refractivity contribution in [2.24, 2.45) is 11.3 Å². The molecular weight excluding hydrogens is 422 g/mol. The standard InChI is InChI=1S/C23H28ClNO4S/c1-5-28-22(27)20-17-11-6-14(23(2,3)4)12-18(17)30-21(20)25-19(26)13-29-16-9-7-15(24)8-10-16/h7-10,14H,5-6,11-13H2,1-4H3,(H,25,26). The van der Waals surface area contributed by atoms with Crippen LogP contribution in [-0.4, -0.2) is 25.1 Å². The molecule has 1 aromatic carbocycles. The number of thiophene rings is 1. The normalized spacial score (nSPS) is 16.0. The summed E-state index contributed by atoms with van der Waals surface area (Å²) >= 11 is 7.35. The summed E-state index contributed by atoms with van der Waals surface area (Å²) in [6, 6.07) is 6.81. The molecule has 1 amide bonds. The molecule has 0 saturated heterocycles. The molecule has 1 aliphatic rings. The molecule has 1 N–H and O–H groups in total. The second kappa shape index (κ2) is 9.40. The van der Waals surface area contributed by atoms with Crippen molar-refractivity contribution in [2.75, 3.05) is 18.5 Å². The van der Waals surface area contributed by atoms with Gasteiger partial charge in [-0.3, -0.25) is 4.79 Å². The van der Waals surface area contributed by atoms with Crippen molar-refractivity contribution in [3.8, 4) is 5.75 Å². The number of rotatable bonds is 6. The van der Waals surface area contributed by atoms with Crippen LogP contribution in [0.25, 0.3) is 0 Å². The molecule has 7 heteroatoms. The molecule has 162 valence electrons. The molecule has 5 nitrogen and oxygen atoms in total. The summed E-state index contributed by atoms with van der Waals surface area (Å²) in [7, 11) is 0. The van der Waals surface area contributed by atoms with Crippen molar-refractivity contribution in [2.45, 2.75) is 47.0 Å². The Kier molecular flexibility index (Phi) is 7.09. The van der Waals surface area contributed by atoms with E-state index in [1.165, 1.54) is 11.3 Å². The molecule has 3 rings (SSSR count). The Morgan fingerprint density at radius 2 is 1.93 bits per heavy atom. The van der Waals surface area contributed by atoms with Crippen LogP contribution in [0.15, 0.2) is 24.3 Å². The largest absolute Gasteiger partial charge is 0.484 e. The third-order valence-corrected chi connectivity index (χ3v) is 6.83. The minimum Gasteiger partial charge on any atom is -0.484 e. The average molecular weight is 450 g/mol. The van der Waals surface area contributed by atoms with E-state index in [4.69, 9.17) is 21.1 Å². The van der Waals surface area contributed by atoms with Gasteiger partial charge < -0.3 is 14.8 Å². The molecule has 1 unspecified atom stereocenters. The number of hydrogen-bond donors (Lipinski definition) is 1. The number of ether oxygens (including phenoxy) is 2. The highest BCUT2D eigenvalue weighted by Gasteiger charge is 2.34. The van der Waals surface area contributed by atoms with Gasteiger partial charge in [-0.1, -0.05) is 32.4 Å².